The van der Waals surface area contributed by atoms with E-state index in [9.17, 15) is 0 Å². The van der Waals surface area contributed by atoms with Crippen LogP contribution in [0.2, 0.25) is 0 Å². The summed E-state index contributed by atoms with van der Waals surface area (Å²) in [4.78, 5) is 4.50. The van der Waals surface area contributed by atoms with Crippen molar-refractivity contribution in [1.82, 2.24) is 10.4 Å². The molecule has 1 aromatic heterocycles. The maximum atomic E-state index is 5.73. The van der Waals surface area contributed by atoms with E-state index in [2.05, 4.69) is 22.5 Å². The SMILES string of the molecule is COc1ccccc1CC(NN)c1ccc(C)nc1C. The number of nitrogens with two attached hydrogens (primary N) is 1. The molecule has 0 radical (unpaired) electrons. The molecule has 0 aliphatic heterocycles. The summed E-state index contributed by atoms with van der Waals surface area (Å²) < 4.78 is 5.39. The highest BCUT2D eigenvalue weighted by atomic mass is 16.5. The number of methoxy groups -OCH3 is 1. The first-order valence-electron chi connectivity index (χ1n) is 6.68. The summed E-state index contributed by atoms with van der Waals surface area (Å²) in [6, 6.07) is 12.1. The quantitative estimate of drug-likeness (QED) is 0.648. The Morgan fingerprint density at radius 3 is 2.60 bits per heavy atom. The van der Waals surface area contributed by atoms with Gasteiger partial charge in [0.05, 0.1) is 13.2 Å². The lowest BCUT2D eigenvalue weighted by Gasteiger charge is -2.19. The number of hydrazine groups is 1. The molecule has 0 saturated carbocycles. The minimum atomic E-state index is 0.0133. The number of nitrogens with zero attached hydrogens (tertiary/aromatic N) is 1. The van der Waals surface area contributed by atoms with E-state index in [1.54, 1.807) is 7.11 Å². The molecule has 2 rings (SSSR count). The van der Waals surface area contributed by atoms with Crippen LogP contribution < -0.4 is 16.0 Å². The molecule has 3 N–H and O–H groups in total. The molecule has 1 heterocycles. The van der Waals surface area contributed by atoms with Gasteiger partial charge < -0.3 is 4.74 Å². The van der Waals surface area contributed by atoms with Gasteiger partial charge in [0.2, 0.25) is 0 Å². The highest BCUT2D eigenvalue weighted by Crippen LogP contribution is 2.25. The van der Waals surface area contributed by atoms with E-state index in [1.165, 1.54) is 0 Å². The van der Waals surface area contributed by atoms with Crippen LogP contribution >= 0.6 is 0 Å². The zero-order valence-electron chi connectivity index (χ0n) is 12.2. The number of aromatic nitrogens is 1. The molecule has 0 amide bonds. The second-order valence-corrected chi connectivity index (χ2v) is 4.86. The average molecular weight is 271 g/mol. The van der Waals surface area contributed by atoms with Crippen LogP contribution in [-0.2, 0) is 6.42 Å². The number of hydrogen-bond acceptors (Lipinski definition) is 4. The molecular formula is C16H21N3O. The minimum Gasteiger partial charge on any atom is -0.496 e. The number of pyridine rings is 1. The highest BCUT2D eigenvalue weighted by molar-refractivity contribution is 5.36. The van der Waals surface area contributed by atoms with Gasteiger partial charge in [0.15, 0.2) is 0 Å². The molecule has 0 saturated heterocycles. The van der Waals surface area contributed by atoms with E-state index in [0.717, 1.165) is 34.7 Å². The van der Waals surface area contributed by atoms with Gasteiger partial charge in [-0.1, -0.05) is 24.3 Å². The van der Waals surface area contributed by atoms with E-state index in [4.69, 9.17) is 10.6 Å². The van der Waals surface area contributed by atoms with Gasteiger partial charge in [-0.15, -0.1) is 0 Å². The molecule has 0 fully saturated rings. The van der Waals surface area contributed by atoms with Gasteiger partial charge in [-0.25, -0.2) is 0 Å². The summed E-state index contributed by atoms with van der Waals surface area (Å²) in [7, 11) is 1.68. The number of rotatable bonds is 5. The van der Waals surface area contributed by atoms with Crippen LogP contribution in [0.4, 0.5) is 0 Å². The Balaban J connectivity index is 2.29. The zero-order chi connectivity index (χ0) is 14.5. The predicted molar refractivity (Wildman–Crippen MR) is 80.5 cm³/mol. The molecule has 0 aliphatic rings. The third-order valence-corrected chi connectivity index (χ3v) is 3.46. The van der Waals surface area contributed by atoms with Gasteiger partial charge >= 0.3 is 0 Å². The van der Waals surface area contributed by atoms with Crippen LogP contribution in [0.3, 0.4) is 0 Å². The first-order chi connectivity index (χ1) is 9.65. The number of hydrogen-bond donors (Lipinski definition) is 2. The van der Waals surface area contributed by atoms with Crippen LogP contribution in [0.5, 0.6) is 5.75 Å². The second-order valence-electron chi connectivity index (χ2n) is 4.86. The summed E-state index contributed by atoms with van der Waals surface area (Å²) in [5.41, 5.74) is 7.14. The lowest BCUT2D eigenvalue weighted by atomic mass is 9.97. The topological polar surface area (TPSA) is 60.2 Å². The maximum Gasteiger partial charge on any atom is 0.122 e. The Labute approximate surface area is 120 Å². The number of nitrogens with one attached hydrogen (secondary N) is 1. The molecule has 1 unspecified atom stereocenters. The first-order valence-corrected chi connectivity index (χ1v) is 6.68. The Morgan fingerprint density at radius 2 is 1.95 bits per heavy atom. The summed E-state index contributed by atoms with van der Waals surface area (Å²) in [5, 5.41) is 0. The molecule has 1 aromatic carbocycles. The summed E-state index contributed by atoms with van der Waals surface area (Å²) in [6.07, 6.45) is 0.756. The third kappa shape index (κ3) is 3.15. The van der Waals surface area contributed by atoms with Crippen LogP contribution in [0, 0.1) is 13.8 Å². The maximum absolute atomic E-state index is 5.73. The molecule has 0 bridgehead atoms. The minimum absolute atomic E-state index is 0.0133. The molecule has 4 nitrogen and oxygen atoms in total. The van der Waals surface area contributed by atoms with Crippen molar-refractivity contribution in [3.05, 3.63) is 58.9 Å². The fourth-order valence-electron chi connectivity index (χ4n) is 2.42. The number of benzene rings is 1. The van der Waals surface area contributed by atoms with Gasteiger partial charge in [0.1, 0.15) is 5.75 Å². The monoisotopic (exact) mass is 271 g/mol. The smallest absolute Gasteiger partial charge is 0.122 e. The van der Waals surface area contributed by atoms with Crippen molar-refractivity contribution in [3.63, 3.8) is 0 Å². The van der Waals surface area contributed by atoms with Crippen LogP contribution in [0.25, 0.3) is 0 Å². The highest BCUT2D eigenvalue weighted by Gasteiger charge is 2.15. The lowest BCUT2D eigenvalue weighted by Crippen LogP contribution is -2.30. The van der Waals surface area contributed by atoms with Crippen molar-refractivity contribution < 1.29 is 4.74 Å². The average Bonchev–Trinajstić information content (AvgIpc) is 2.46. The Morgan fingerprint density at radius 1 is 1.20 bits per heavy atom. The van der Waals surface area contributed by atoms with Crippen molar-refractivity contribution in [2.45, 2.75) is 26.3 Å². The normalized spacial score (nSPS) is 12.2. The van der Waals surface area contributed by atoms with Gasteiger partial charge in [0.25, 0.3) is 0 Å². The van der Waals surface area contributed by atoms with E-state index in [1.807, 2.05) is 38.1 Å². The first kappa shape index (κ1) is 14.5. The van der Waals surface area contributed by atoms with Gasteiger partial charge in [-0.05, 0) is 43.5 Å². The Hall–Kier alpha value is -1.91. The molecule has 2 aromatic rings. The van der Waals surface area contributed by atoms with Crippen LogP contribution in [-0.4, -0.2) is 12.1 Å². The Kier molecular flexibility index (Phi) is 4.71. The van der Waals surface area contributed by atoms with E-state index >= 15 is 0 Å². The molecule has 4 heteroatoms. The molecule has 1 atom stereocenters. The molecule has 0 aliphatic carbocycles. The van der Waals surface area contributed by atoms with Crippen LogP contribution in [0.15, 0.2) is 36.4 Å². The standard InChI is InChI=1S/C16H21N3O/c1-11-8-9-14(12(2)18-11)15(19-17)10-13-6-4-5-7-16(13)20-3/h4-9,15,19H,10,17H2,1-3H3. The largest absolute Gasteiger partial charge is 0.496 e. The summed E-state index contributed by atoms with van der Waals surface area (Å²) in [5.74, 6) is 6.61. The molecular weight excluding hydrogens is 250 g/mol. The lowest BCUT2D eigenvalue weighted by molar-refractivity contribution is 0.405. The van der Waals surface area contributed by atoms with Crippen molar-refractivity contribution >= 4 is 0 Å². The number of para-hydroxylation sites is 1. The fourth-order valence-corrected chi connectivity index (χ4v) is 2.42. The fraction of sp³-hybridized carbons (Fsp3) is 0.312. The second kappa shape index (κ2) is 6.50. The number of ether oxygens (including phenoxy) is 1. The molecule has 20 heavy (non-hydrogen) atoms. The van der Waals surface area contributed by atoms with E-state index in [-0.39, 0.29) is 6.04 Å². The summed E-state index contributed by atoms with van der Waals surface area (Å²) >= 11 is 0. The Bertz CT molecular complexity index is 584. The van der Waals surface area contributed by atoms with Gasteiger partial charge in [-0.3, -0.25) is 16.3 Å². The number of aryl methyl sites for hydroxylation is 2. The van der Waals surface area contributed by atoms with E-state index in [0.29, 0.717) is 0 Å². The van der Waals surface area contributed by atoms with Gasteiger partial charge in [0, 0.05) is 11.4 Å². The van der Waals surface area contributed by atoms with E-state index < -0.39 is 0 Å². The molecule has 106 valence electrons. The van der Waals surface area contributed by atoms with Crippen molar-refractivity contribution in [1.29, 1.82) is 0 Å². The van der Waals surface area contributed by atoms with Crippen molar-refractivity contribution in [2.75, 3.05) is 7.11 Å². The summed E-state index contributed by atoms with van der Waals surface area (Å²) in [6.45, 7) is 4.00. The van der Waals surface area contributed by atoms with Crippen molar-refractivity contribution in [3.8, 4) is 5.75 Å². The van der Waals surface area contributed by atoms with Gasteiger partial charge in [-0.2, -0.15) is 0 Å². The predicted octanol–water partition coefficient (Wildman–Crippen LogP) is 2.45. The van der Waals surface area contributed by atoms with Crippen molar-refractivity contribution in [2.24, 2.45) is 5.84 Å². The molecule has 0 spiro atoms. The zero-order valence-corrected chi connectivity index (χ0v) is 12.2. The third-order valence-electron chi connectivity index (χ3n) is 3.46. The van der Waals surface area contributed by atoms with Crippen LogP contribution in [0.1, 0.15) is 28.6 Å².